The molecule has 3 rings (SSSR count). The van der Waals surface area contributed by atoms with Gasteiger partial charge in [-0.1, -0.05) is 18.2 Å². The molecule has 0 bridgehead atoms. The molecule has 1 fully saturated rings. The van der Waals surface area contributed by atoms with Crippen LogP contribution in [0.4, 0.5) is 5.69 Å². The Bertz CT molecular complexity index is 877. The number of ether oxygens (including phenoxy) is 1. The van der Waals surface area contributed by atoms with Gasteiger partial charge in [-0.25, -0.2) is 0 Å². The predicted molar refractivity (Wildman–Crippen MR) is 108 cm³/mol. The van der Waals surface area contributed by atoms with Crippen LogP contribution in [-0.4, -0.2) is 39.3 Å². The van der Waals surface area contributed by atoms with Crippen LogP contribution in [-0.2, 0) is 9.53 Å². The van der Waals surface area contributed by atoms with Crippen LogP contribution in [0.25, 0.3) is 16.8 Å². The first-order valence-electron chi connectivity index (χ1n) is 9.39. The van der Waals surface area contributed by atoms with E-state index >= 15 is 0 Å². The fourth-order valence-electron chi connectivity index (χ4n) is 3.37. The molecule has 1 saturated heterocycles. The van der Waals surface area contributed by atoms with Crippen LogP contribution >= 0.6 is 0 Å². The van der Waals surface area contributed by atoms with E-state index in [4.69, 9.17) is 4.74 Å². The summed E-state index contributed by atoms with van der Waals surface area (Å²) in [5.41, 5.74) is 2.20. The Kier molecular flexibility index (Phi) is 6.45. The molecule has 0 saturated carbocycles. The van der Waals surface area contributed by atoms with Gasteiger partial charge in [0.25, 0.3) is 5.91 Å². The zero-order chi connectivity index (χ0) is 19.1. The van der Waals surface area contributed by atoms with E-state index in [0.29, 0.717) is 13.2 Å². The third kappa shape index (κ3) is 4.87. The molecular weight excluding hydrogens is 338 g/mol. The second-order valence-electron chi connectivity index (χ2n) is 6.76. The summed E-state index contributed by atoms with van der Waals surface area (Å²) in [6, 6.07) is 14.5. The van der Waals surface area contributed by atoms with Gasteiger partial charge in [0.05, 0.1) is 6.61 Å². The van der Waals surface area contributed by atoms with Crippen molar-refractivity contribution >= 4 is 28.4 Å². The number of carbonyl (C=O) groups is 1. The van der Waals surface area contributed by atoms with E-state index in [9.17, 15) is 10.1 Å². The lowest BCUT2D eigenvalue weighted by Gasteiger charge is -2.29. The number of hydrogen-bond acceptors (Lipinski definition) is 4. The van der Waals surface area contributed by atoms with Gasteiger partial charge >= 0.3 is 0 Å². The second-order valence-corrected chi connectivity index (χ2v) is 6.76. The lowest BCUT2D eigenvalue weighted by Crippen LogP contribution is -2.29. The molecule has 0 unspecified atom stereocenters. The van der Waals surface area contributed by atoms with Gasteiger partial charge in [-0.15, -0.1) is 0 Å². The number of anilines is 1. The number of piperidine rings is 1. The van der Waals surface area contributed by atoms with E-state index < -0.39 is 0 Å². The number of rotatable bonds is 6. The standard InChI is InChI=1S/C22H25N3O2/c1-27-12-9-24-22(26)20(16-23)14-17-5-6-19-15-21(8-7-18(19)13-17)25-10-3-2-4-11-25/h5-8,13-15H,2-4,9-12H2,1H3,(H,24,26)/b20-14+. The Balaban J connectivity index is 1.79. The molecular formula is C22H25N3O2. The van der Waals surface area contributed by atoms with Gasteiger partial charge in [-0.3, -0.25) is 4.79 Å². The van der Waals surface area contributed by atoms with Crippen molar-refractivity contribution in [3.8, 4) is 6.07 Å². The molecule has 1 aliphatic heterocycles. The molecule has 0 atom stereocenters. The molecule has 2 aromatic rings. The van der Waals surface area contributed by atoms with E-state index in [0.717, 1.165) is 24.0 Å². The van der Waals surface area contributed by atoms with Crippen LogP contribution in [0.1, 0.15) is 24.8 Å². The van der Waals surface area contributed by atoms with Crippen LogP contribution in [0.15, 0.2) is 42.0 Å². The maximum atomic E-state index is 12.1. The number of nitrogens with zero attached hydrogens (tertiary/aromatic N) is 2. The Morgan fingerprint density at radius 1 is 1.19 bits per heavy atom. The van der Waals surface area contributed by atoms with Gasteiger partial charge in [-0.2, -0.15) is 5.26 Å². The van der Waals surface area contributed by atoms with Crippen molar-refractivity contribution in [1.29, 1.82) is 5.26 Å². The summed E-state index contributed by atoms with van der Waals surface area (Å²) in [6.07, 6.45) is 5.45. The summed E-state index contributed by atoms with van der Waals surface area (Å²) in [5, 5.41) is 14.2. The summed E-state index contributed by atoms with van der Waals surface area (Å²) in [4.78, 5) is 14.5. The minimum Gasteiger partial charge on any atom is -0.383 e. The van der Waals surface area contributed by atoms with Crippen molar-refractivity contribution in [1.82, 2.24) is 5.32 Å². The predicted octanol–water partition coefficient (Wildman–Crippen LogP) is 3.50. The lowest BCUT2D eigenvalue weighted by molar-refractivity contribution is -0.117. The maximum absolute atomic E-state index is 12.1. The molecule has 1 amide bonds. The van der Waals surface area contributed by atoms with E-state index in [1.165, 1.54) is 30.3 Å². The number of nitriles is 1. The van der Waals surface area contributed by atoms with Gasteiger partial charge in [0.15, 0.2) is 0 Å². The van der Waals surface area contributed by atoms with Gasteiger partial charge < -0.3 is 15.0 Å². The lowest BCUT2D eigenvalue weighted by atomic mass is 10.0. The van der Waals surface area contributed by atoms with Crippen LogP contribution in [0.5, 0.6) is 0 Å². The summed E-state index contributed by atoms with van der Waals surface area (Å²) >= 11 is 0. The molecule has 27 heavy (non-hydrogen) atoms. The maximum Gasteiger partial charge on any atom is 0.262 e. The van der Waals surface area contributed by atoms with Gasteiger partial charge in [0.2, 0.25) is 0 Å². The Labute approximate surface area is 160 Å². The number of carbonyl (C=O) groups excluding carboxylic acids is 1. The van der Waals surface area contributed by atoms with Gasteiger partial charge in [0.1, 0.15) is 11.6 Å². The first-order chi connectivity index (χ1) is 13.2. The zero-order valence-corrected chi connectivity index (χ0v) is 15.7. The first kappa shape index (κ1) is 18.9. The summed E-state index contributed by atoms with van der Waals surface area (Å²) in [6.45, 7) is 3.04. The number of nitrogens with one attached hydrogen (secondary N) is 1. The Morgan fingerprint density at radius 2 is 1.93 bits per heavy atom. The topological polar surface area (TPSA) is 65.4 Å². The van der Waals surface area contributed by atoms with Crippen LogP contribution in [0.3, 0.4) is 0 Å². The van der Waals surface area contributed by atoms with Crippen LogP contribution in [0, 0.1) is 11.3 Å². The molecule has 5 heteroatoms. The highest BCUT2D eigenvalue weighted by Crippen LogP contribution is 2.26. The van der Waals surface area contributed by atoms with Crippen molar-refractivity contribution in [3.63, 3.8) is 0 Å². The highest BCUT2D eigenvalue weighted by Gasteiger charge is 2.12. The molecule has 5 nitrogen and oxygen atoms in total. The molecule has 1 aliphatic rings. The number of hydrogen-bond donors (Lipinski definition) is 1. The number of amides is 1. The molecule has 0 aliphatic carbocycles. The van der Waals surface area contributed by atoms with Crippen molar-refractivity contribution in [2.45, 2.75) is 19.3 Å². The molecule has 1 heterocycles. The number of benzene rings is 2. The highest BCUT2D eigenvalue weighted by molar-refractivity contribution is 6.02. The zero-order valence-electron chi connectivity index (χ0n) is 15.7. The molecule has 140 valence electrons. The fourth-order valence-corrected chi connectivity index (χ4v) is 3.37. The van der Waals surface area contributed by atoms with Crippen molar-refractivity contribution in [2.24, 2.45) is 0 Å². The molecule has 0 radical (unpaired) electrons. The van der Waals surface area contributed by atoms with Crippen molar-refractivity contribution < 1.29 is 9.53 Å². The number of fused-ring (bicyclic) bond motifs is 1. The van der Waals surface area contributed by atoms with E-state index in [1.807, 2.05) is 24.3 Å². The molecule has 0 spiro atoms. The highest BCUT2D eigenvalue weighted by atomic mass is 16.5. The van der Waals surface area contributed by atoms with Crippen molar-refractivity contribution in [3.05, 3.63) is 47.5 Å². The van der Waals surface area contributed by atoms with Crippen LogP contribution in [0.2, 0.25) is 0 Å². The summed E-state index contributed by atoms with van der Waals surface area (Å²) < 4.78 is 4.90. The minimum absolute atomic E-state index is 0.0930. The van der Waals surface area contributed by atoms with Crippen LogP contribution < -0.4 is 10.2 Å². The van der Waals surface area contributed by atoms with E-state index in [1.54, 1.807) is 13.2 Å². The van der Waals surface area contributed by atoms with Crippen molar-refractivity contribution in [2.75, 3.05) is 38.3 Å². The molecule has 2 aromatic carbocycles. The second kappa shape index (κ2) is 9.20. The number of methoxy groups -OCH3 is 1. The first-order valence-corrected chi connectivity index (χ1v) is 9.39. The molecule has 1 N–H and O–H groups in total. The van der Waals surface area contributed by atoms with E-state index in [2.05, 4.69) is 28.4 Å². The normalized spacial score (nSPS) is 14.8. The van der Waals surface area contributed by atoms with Gasteiger partial charge in [0, 0.05) is 32.4 Å². The largest absolute Gasteiger partial charge is 0.383 e. The average Bonchev–Trinajstić information content (AvgIpc) is 2.72. The van der Waals surface area contributed by atoms with Gasteiger partial charge in [-0.05, 0) is 59.9 Å². The smallest absolute Gasteiger partial charge is 0.262 e. The van der Waals surface area contributed by atoms with E-state index in [-0.39, 0.29) is 11.5 Å². The average molecular weight is 363 g/mol. The summed E-state index contributed by atoms with van der Waals surface area (Å²) in [7, 11) is 1.57. The quantitative estimate of drug-likeness (QED) is 0.485. The third-order valence-corrected chi connectivity index (χ3v) is 4.84. The summed E-state index contributed by atoms with van der Waals surface area (Å²) in [5.74, 6) is -0.380. The Hall–Kier alpha value is -2.84. The monoisotopic (exact) mass is 363 g/mol. The third-order valence-electron chi connectivity index (χ3n) is 4.84. The SMILES string of the molecule is COCCNC(=O)/C(C#N)=C/c1ccc2cc(N3CCCCC3)ccc2c1. The Morgan fingerprint density at radius 3 is 2.67 bits per heavy atom. The fraction of sp³-hybridized carbons (Fsp3) is 0.364. The minimum atomic E-state index is -0.380. The molecule has 0 aromatic heterocycles.